The maximum atomic E-state index is 5.42. The van der Waals surface area contributed by atoms with Crippen molar-refractivity contribution in [2.45, 2.75) is 40.2 Å². The zero-order valence-corrected chi connectivity index (χ0v) is 13.4. The average Bonchev–Trinajstić information content (AvgIpc) is 2.90. The Balaban J connectivity index is 2.55. The first-order valence-corrected chi connectivity index (χ1v) is 8.06. The Bertz CT molecular complexity index is 343. The number of rotatable bonds is 10. The Hall–Kier alpha value is -0.650. The molecule has 1 rings (SSSR count). The first kappa shape index (κ1) is 16.4. The summed E-state index contributed by atoms with van der Waals surface area (Å²) in [6.45, 7) is 13.0. The highest BCUT2D eigenvalue weighted by atomic mass is 32.1. The van der Waals surface area contributed by atoms with E-state index in [-0.39, 0.29) is 0 Å². The lowest BCUT2D eigenvalue weighted by atomic mass is 10.3. The van der Waals surface area contributed by atoms with Crippen LogP contribution < -0.4 is 10.2 Å². The van der Waals surface area contributed by atoms with E-state index in [9.17, 15) is 0 Å². The molecular weight excluding hydrogens is 258 g/mol. The van der Waals surface area contributed by atoms with Gasteiger partial charge in [0.15, 0.2) is 5.13 Å². The van der Waals surface area contributed by atoms with Gasteiger partial charge in [-0.15, -0.1) is 11.3 Å². The van der Waals surface area contributed by atoms with Gasteiger partial charge in [-0.3, -0.25) is 0 Å². The maximum Gasteiger partial charge on any atom is 0.185 e. The van der Waals surface area contributed by atoms with E-state index < -0.39 is 0 Å². The number of anilines is 1. The highest BCUT2D eigenvalue weighted by Crippen LogP contribution is 2.26. The summed E-state index contributed by atoms with van der Waals surface area (Å²) in [5.41, 5.74) is 0. The summed E-state index contributed by atoms with van der Waals surface area (Å²) in [6, 6.07) is 0.386. The van der Waals surface area contributed by atoms with Crippen LogP contribution in [0, 0.1) is 0 Å². The molecule has 1 aromatic rings. The summed E-state index contributed by atoms with van der Waals surface area (Å²) >= 11 is 1.78. The lowest BCUT2D eigenvalue weighted by Gasteiger charge is -2.19. The average molecular weight is 285 g/mol. The molecular formula is C14H27N3OS. The fourth-order valence-electron chi connectivity index (χ4n) is 1.79. The van der Waals surface area contributed by atoms with E-state index in [1.165, 1.54) is 4.88 Å². The molecule has 1 N–H and O–H groups in total. The van der Waals surface area contributed by atoms with Crippen molar-refractivity contribution in [3.8, 4) is 0 Å². The van der Waals surface area contributed by atoms with Crippen molar-refractivity contribution < 1.29 is 4.74 Å². The molecule has 1 heterocycles. The Morgan fingerprint density at radius 1 is 1.42 bits per heavy atom. The van der Waals surface area contributed by atoms with Crippen LogP contribution in [0.4, 0.5) is 5.13 Å². The van der Waals surface area contributed by atoms with Crippen molar-refractivity contribution in [3.63, 3.8) is 0 Å². The summed E-state index contributed by atoms with van der Waals surface area (Å²) in [5.74, 6) is 0. The predicted octanol–water partition coefficient (Wildman–Crippen LogP) is 3.07. The van der Waals surface area contributed by atoms with Crippen LogP contribution in [0.2, 0.25) is 0 Å². The summed E-state index contributed by atoms with van der Waals surface area (Å²) in [4.78, 5) is 8.12. The number of nitrogens with one attached hydrogen (secondary N) is 1. The molecule has 0 aliphatic carbocycles. The second-order valence-corrected chi connectivity index (χ2v) is 5.54. The predicted molar refractivity (Wildman–Crippen MR) is 83.2 cm³/mol. The van der Waals surface area contributed by atoms with Crippen LogP contribution in [0.1, 0.15) is 45.0 Å². The molecule has 110 valence electrons. The standard InChI is InChI=1S/C14H27N3OS/c1-5-8-15-12(4)13-11-16-14(19-13)17(6-2)9-10-18-7-3/h11-12,15H,5-10H2,1-4H3. The van der Waals surface area contributed by atoms with Crippen molar-refractivity contribution in [3.05, 3.63) is 11.1 Å². The monoisotopic (exact) mass is 285 g/mol. The van der Waals surface area contributed by atoms with Crippen LogP contribution in [0.3, 0.4) is 0 Å². The number of thiazole rings is 1. The molecule has 1 atom stereocenters. The van der Waals surface area contributed by atoms with Gasteiger partial charge in [-0.05, 0) is 33.7 Å². The van der Waals surface area contributed by atoms with Crippen molar-refractivity contribution >= 4 is 16.5 Å². The maximum absolute atomic E-state index is 5.42. The third-order valence-electron chi connectivity index (χ3n) is 3.00. The number of hydrogen-bond acceptors (Lipinski definition) is 5. The minimum Gasteiger partial charge on any atom is -0.380 e. The molecule has 0 aliphatic heterocycles. The van der Waals surface area contributed by atoms with Crippen LogP contribution in [0.5, 0.6) is 0 Å². The van der Waals surface area contributed by atoms with Gasteiger partial charge in [-0.1, -0.05) is 6.92 Å². The summed E-state index contributed by atoms with van der Waals surface area (Å²) in [7, 11) is 0. The lowest BCUT2D eigenvalue weighted by Crippen LogP contribution is -2.26. The number of nitrogens with zero attached hydrogens (tertiary/aromatic N) is 2. The topological polar surface area (TPSA) is 37.4 Å². The van der Waals surface area contributed by atoms with Crippen molar-refractivity contribution in [1.82, 2.24) is 10.3 Å². The van der Waals surface area contributed by atoms with Gasteiger partial charge >= 0.3 is 0 Å². The van der Waals surface area contributed by atoms with Gasteiger partial charge in [0.1, 0.15) is 0 Å². The second kappa shape index (κ2) is 9.28. The molecule has 1 aromatic heterocycles. The van der Waals surface area contributed by atoms with Crippen LogP contribution in [0.25, 0.3) is 0 Å². The van der Waals surface area contributed by atoms with Gasteiger partial charge in [0.05, 0.1) is 6.61 Å². The molecule has 0 fully saturated rings. The molecule has 0 aromatic carbocycles. The van der Waals surface area contributed by atoms with E-state index in [0.717, 1.165) is 44.4 Å². The van der Waals surface area contributed by atoms with Crippen molar-refractivity contribution in [2.24, 2.45) is 0 Å². The molecule has 19 heavy (non-hydrogen) atoms. The molecule has 0 aliphatic rings. The number of likely N-dealkylation sites (N-methyl/N-ethyl adjacent to an activating group) is 1. The minimum atomic E-state index is 0.386. The lowest BCUT2D eigenvalue weighted by molar-refractivity contribution is 0.154. The number of aromatic nitrogens is 1. The first-order chi connectivity index (χ1) is 9.22. The van der Waals surface area contributed by atoms with E-state index in [1.54, 1.807) is 11.3 Å². The molecule has 1 unspecified atom stereocenters. The van der Waals surface area contributed by atoms with Gasteiger partial charge in [-0.2, -0.15) is 0 Å². The highest BCUT2D eigenvalue weighted by Gasteiger charge is 2.13. The fraction of sp³-hybridized carbons (Fsp3) is 0.786. The molecule has 0 spiro atoms. The molecule has 5 heteroatoms. The molecule has 0 saturated heterocycles. The minimum absolute atomic E-state index is 0.386. The zero-order valence-electron chi connectivity index (χ0n) is 12.6. The van der Waals surface area contributed by atoms with Gasteiger partial charge in [0.2, 0.25) is 0 Å². The molecule has 0 saturated carbocycles. The summed E-state index contributed by atoms with van der Waals surface area (Å²) in [6.07, 6.45) is 3.15. The van der Waals surface area contributed by atoms with E-state index in [1.807, 2.05) is 13.1 Å². The summed E-state index contributed by atoms with van der Waals surface area (Å²) < 4.78 is 5.42. The van der Waals surface area contributed by atoms with Crippen molar-refractivity contribution in [2.75, 3.05) is 37.7 Å². The van der Waals surface area contributed by atoms with E-state index in [0.29, 0.717) is 6.04 Å². The Labute approximate surface area is 121 Å². The third kappa shape index (κ3) is 5.47. The first-order valence-electron chi connectivity index (χ1n) is 7.24. The van der Waals surface area contributed by atoms with Gasteiger partial charge < -0.3 is 15.0 Å². The van der Waals surface area contributed by atoms with Gasteiger partial charge in [-0.25, -0.2) is 4.98 Å². The molecule has 4 nitrogen and oxygen atoms in total. The number of ether oxygens (including phenoxy) is 1. The normalized spacial score (nSPS) is 12.6. The second-order valence-electron chi connectivity index (χ2n) is 4.50. The smallest absolute Gasteiger partial charge is 0.185 e. The van der Waals surface area contributed by atoms with Gasteiger partial charge in [0, 0.05) is 36.8 Å². The number of hydrogen-bond donors (Lipinski definition) is 1. The van der Waals surface area contributed by atoms with Gasteiger partial charge in [0.25, 0.3) is 0 Å². The molecule has 0 bridgehead atoms. The van der Waals surface area contributed by atoms with Crippen LogP contribution in [-0.2, 0) is 4.74 Å². The van der Waals surface area contributed by atoms with E-state index in [2.05, 4.69) is 36.0 Å². The largest absolute Gasteiger partial charge is 0.380 e. The van der Waals surface area contributed by atoms with Crippen molar-refractivity contribution in [1.29, 1.82) is 0 Å². The zero-order chi connectivity index (χ0) is 14.1. The fourth-order valence-corrected chi connectivity index (χ4v) is 2.82. The van der Waals surface area contributed by atoms with Crippen LogP contribution in [0.15, 0.2) is 6.20 Å². The van der Waals surface area contributed by atoms with Crippen LogP contribution >= 0.6 is 11.3 Å². The highest BCUT2D eigenvalue weighted by molar-refractivity contribution is 7.15. The summed E-state index contributed by atoms with van der Waals surface area (Å²) in [5, 5.41) is 4.60. The third-order valence-corrected chi connectivity index (χ3v) is 4.24. The Morgan fingerprint density at radius 3 is 2.84 bits per heavy atom. The Morgan fingerprint density at radius 2 is 2.21 bits per heavy atom. The quantitative estimate of drug-likeness (QED) is 0.670. The Kier molecular flexibility index (Phi) is 8.02. The molecule has 0 amide bonds. The SMILES string of the molecule is CCCNC(C)c1cnc(N(CC)CCOCC)s1. The molecule has 0 radical (unpaired) electrons. The van der Waals surface area contributed by atoms with Crippen LogP contribution in [-0.4, -0.2) is 37.8 Å². The van der Waals surface area contributed by atoms with E-state index in [4.69, 9.17) is 4.74 Å². The van der Waals surface area contributed by atoms with E-state index >= 15 is 0 Å².